The molecule has 3 aliphatic rings. The zero-order valence-corrected chi connectivity index (χ0v) is 22.4. The minimum atomic E-state index is 0. The fourth-order valence-corrected chi connectivity index (χ4v) is 6.15. The molecule has 0 saturated heterocycles. The summed E-state index contributed by atoms with van der Waals surface area (Å²) in [4.78, 5) is 0. The van der Waals surface area contributed by atoms with E-state index in [2.05, 4.69) is 95.3 Å². The first-order valence-corrected chi connectivity index (χ1v) is 10.4. The fourth-order valence-electron chi connectivity index (χ4n) is 6.15. The van der Waals surface area contributed by atoms with Gasteiger partial charge in [0.25, 0.3) is 0 Å². The van der Waals surface area contributed by atoms with Gasteiger partial charge in [-0.1, -0.05) is 101 Å². The van der Waals surface area contributed by atoms with Crippen LogP contribution < -0.4 is 24.8 Å². The Labute approximate surface area is 213 Å². The predicted molar refractivity (Wildman–Crippen MR) is 115 cm³/mol. The summed E-state index contributed by atoms with van der Waals surface area (Å²) in [5.74, 6) is 1.71. The van der Waals surface area contributed by atoms with E-state index in [1.165, 1.54) is 34.2 Å². The molecule has 5 rings (SSSR count). The van der Waals surface area contributed by atoms with E-state index in [9.17, 15) is 0 Å². The van der Waals surface area contributed by atoms with E-state index in [0.29, 0.717) is 17.8 Å². The number of allylic oxidation sites excluding steroid dienone is 4. The van der Waals surface area contributed by atoms with Gasteiger partial charge in [0.05, 0.1) is 0 Å². The first-order valence-electron chi connectivity index (χ1n) is 10.4. The maximum Gasteiger partial charge on any atom is 2.00 e. The van der Waals surface area contributed by atoms with Crippen molar-refractivity contribution in [2.24, 2.45) is 22.7 Å². The van der Waals surface area contributed by atoms with Crippen LogP contribution in [0.3, 0.4) is 0 Å². The molecule has 2 aromatic carbocycles. The third-order valence-corrected chi connectivity index (χ3v) is 7.41. The second-order valence-corrected chi connectivity index (χ2v) is 10.2. The Bertz CT molecular complexity index is 952. The Balaban J connectivity index is 0.00000107. The summed E-state index contributed by atoms with van der Waals surface area (Å²) in [6, 6.07) is 18.2. The second kappa shape index (κ2) is 8.73. The molecule has 3 atom stereocenters. The third kappa shape index (κ3) is 3.64. The van der Waals surface area contributed by atoms with Gasteiger partial charge in [0.2, 0.25) is 0 Å². The molecular weight excluding hydrogens is 486 g/mol. The van der Waals surface area contributed by atoms with Crippen molar-refractivity contribution < 1.29 is 51.0 Å². The van der Waals surface area contributed by atoms with E-state index in [1.807, 2.05) is 0 Å². The molecule has 0 radical (unpaired) electrons. The standard InChI is InChI=1S/C27H30.2ClH.Zr/c1-17-16-27(5,24-15-18(14-23(17)24)26(2,3)4)25-21-12-8-6-10-19(21)20-11-7-9-13-22(20)25;;;/h6-15,17,24-25H,16H2,1-5H3;2*1H;/q;;;+2/p-2. The molecular formula is C27H30Cl2Zr. The van der Waals surface area contributed by atoms with Gasteiger partial charge in [-0.2, -0.15) is 0 Å². The van der Waals surface area contributed by atoms with Gasteiger partial charge in [-0.25, -0.2) is 0 Å². The Kier molecular flexibility index (Phi) is 7.46. The fraction of sp³-hybridized carbons (Fsp3) is 0.407. The number of rotatable bonds is 1. The van der Waals surface area contributed by atoms with Gasteiger partial charge < -0.3 is 24.8 Å². The average Bonchev–Trinajstić information content (AvgIpc) is 3.27. The molecule has 0 nitrogen and oxygen atoms in total. The molecule has 30 heavy (non-hydrogen) atoms. The topological polar surface area (TPSA) is 0 Å². The smallest absolute Gasteiger partial charge is 1.00 e. The molecule has 3 unspecified atom stereocenters. The van der Waals surface area contributed by atoms with Crippen LogP contribution in [-0.4, -0.2) is 0 Å². The number of hydrogen-bond donors (Lipinski definition) is 0. The first-order chi connectivity index (χ1) is 12.8. The molecule has 3 heteroatoms. The van der Waals surface area contributed by atoms with E-state index in [0.717, 1.165) is 0 Å². The average molecular weight is 517 g/mol. The summed E-state index contributed by atoms with van der Waals surface area (Å²) < 4.78 is 0. The van der Waals surface area contributed by atoms with Crippen molar-refractivity contribution in [3.05, 3.63) is 83.0 Å². The molecule has 0 amide bonds. The normalized spacial score (nSPS) is 26.3. The zero-order chi connectivity index (χ0) is 19.0. The van der Waals surface area contributed by atoms with Crippen LogP contribution in [0.15, 0.2) is 71.8 Å². The summed E-state index contributed by atoms with van der Waals surface area (Å²) in [7, 11) is 0. The Morgan fingerprint density at radius 3 is 1.87 bits per heavy atom. The molecule has 0 bridgehead atoms. The van der Waals surface area contributed by atoms with E-state index in [4.69, 9.17) is 0 Å². The van der Waals surface area contributed by atoms with Gasteiger partial charge in [-0.3, -0.25) is 0 Å². The molecule has 2 aromatic rings. The van der Waals surface area contributed by atoms with Crippen LogP contribution in [0.2, 0.25) is 0 Å². The van der Waals surface area contributed by atoms with Crippen LogP contribution in [0.25, 0.3) is 11.1 Å². The van der Waals surface area contributed by atoms with Gasteiger partial charge in [0.1, 0.15) is 0 Å². The van der Waals surface area contributed by atoms with Crippen LogP contribution in [0.4, 0.5) is 0 Å². The number of halogens is 2. The van der Waals surface area contributed by atoms with E-state index in [1.54, 1.807) is 5.57 Å². The molecule has 0 aromatic heterocycles. The number of benzene rings is 2. The maximum absolute atomic E-state index is 2.61. The van der Waals surface area contributed by atoms with Crippen LogP contribution in [0.5, 0.6) is 0 Å². The molecule has 3 aliphatic carbocycles. The molecule has 0 aliphatic heterocycles. The minimum absolute atomic E-state index is 0. The molecule has 1 fully saturated rings. The maximum atomic E-state index is 2.61. The third-order valence-electron chi connectivity index (χ3n) is 7.41. The minimum Gasteiger partial charge on any atom is -1.00 e. The van der Waals surface area contributed by atoms with Crippen LogP contribution in [-0.2, 0) is 26.2 Å². The molecule has 0 N–H and O–H groups in total. The van der Waals surface area contributed by atoms with Crippen molar-refractivity contribution in [2.75, 3.05) is 0 Å². The van der Waals surface area contributed by atoms with Crippen molar-refractivity contribution >= 4 is 0 Å². The Hall–Kier alpha value is -0.617. The molecule has 156 valence electrons. The summed E-state index contributed by atoms with van der Waals surface area (Å²) in [6.45, 7) is 12.0. The second-order valence-electron chi connectivity index (χ2n) is 10.2. The monoisotopic (exact) mass is 514 g/mol. The summed E-state index contributed by atoms with van der Waals surface area (Å²) in [5.41, 5.74) is 9.62. The SMILES string of the molecule is CC1CC(C)(C2c3ccccc3-c3ccccc32)C2C=C(C(C)(C)C)C=C12.[Cl-].[Cl-].[Zr+2]. The predicted octanol–water partition coefficient (Wildman–Crippen LogP) is 1.38. The molecule has 0 heterocycles. The van der Waals surface area contributed by atoms with Gasteiger partial charge >= 0.3 is 26.2 Å². The molecule has 1 saturated carbocycles. The Morgan fingerprint density at radius 2 is 1.37 bits per heavy atom. The van der Waals surface area contributed by atoms with Gasteiger partial charge in [-0.05, 0) is 51.0 Å². The van der Waals surface area contributed by atoms with Crippen LogP contribution in [0, 0.1) is 22.7 Å². The summed E-state index contributed by atoms with van der Waals surface area (Å²) in [5, 5.41) is 0. The summed E-state index contributed by atoms with van der Waals surface area (Å²) in [6.07, 6.45) is 6.42. The zero-order valence-electron chi connectivity index (χ0n) is 18.5. The molecule has 0 spiro atoms. The number of fused-ring (bicyclic) bond motifs is 4. The van der Waals surface area contributed by atoms with Gasteiger partial charge in [0.15, 0.2) is 0 Å². The quantitative estimate of drug-likeness (QED) is 0.538. The van der Waals surface area contributed by atoms with Crippen molar-refractivity contribution in [1.82, 2.24) is 0 Å². The largest absolute Gasteiger partial charge is 2.00 e. The first kappa shape index (κ1) is 25.6. The van der Waals surface area contributed by atoms with E-state index in [-0.39, 0.29) is 61.8 Å². The van der Waals surface area contributed by atoms with E-state index < -0.39 is 0 Å². The van der Waals surface area contributed by atoms with Crippen molar-refractivity contribution in [2.45, 2.75) is 47.0 Å². The Morgan fingerprint density at radius 1 is 0.867 bits per heavy atom. The van der Waals surface area contributed by atoms with E-state index >= 15 is 0 Å². The van der Waals surface area contributed by atoms with Crippen molar-refractivity contribution in [3.8, 4) is 11.1 Å². The van der Waals surface area contributed by atoms with Crippen LogP contribution in [0.1, 0.15) is 58.1 Å². The van der Waals surface area contributed by atoms with Crippen molar-refractivity contribution in [3.63, 3.8) is 0 Å². The van der Waals surface area contributed by atoms with Crippen molar-refractivity contribution in [1.29, 1.82) is 0 Å². The van der Waals surface area contributed by atoms with Gasteiger partial charge in [-0.15, -0.1) is 0 Å². The summed E-state index contributed by atoms with van der Waals surface area (Å²) >= 11 is 0. The van der Waals surface area contributed by atoms with Crippen LogP contribution >= 0.6 is 0 Å². The van der Waals surface area contributed by atoms with Gasteiger partial charge in [0, 0.05) is 11.8 Å². The number of hydrogen-bond acceptors (Lipinski definition) is 0.